The van der Waals surface area contributed by atoms with Crippen molar-refractivity contribution in [3.8, 4) is 0 Å². The fraction of sp³-hybridized carbons (Fsp3) is 0.556. The summed E-state index contributed by atoms with van der Waals surface area (Å²) in [7, 11) is -3.51. The fourth-order valence-corrected chi connectivity index (χ4v) is 3.91. The molecule has 1 aromatic heterocycles. The lowest BCUT2D eigenvalue weighted by Gasteiger charge is -2.10. The first-order valence-corrected chi connectivity index (χ1v) is 8.08. The molecule has 1 N–H and O–H groups in total. The van der Waals surface area contributed by atoms with Gasteiger partial charge in [-0.2, -0.15) is 11.8 Å². The molecule has 94 valence electrons. The molecule has 1 unspecified atom stereocenters. The standard InChI is InChI=1S/C9H12ClN3O2S2/c10-9-11-5-8(6-12-9)17(14,15)13-4-7-2-1-3-16-7/h5-7,13H,1-4H2. The zero-order valence-corrected chi connectivity index (χ0v) is 11.4. The molecule has 5 nitrogen and oxygen atoms in total. The normalized spacial score (nSPS) is 20.6. The van der Waals surface area contributed by atoms with Crippen molar-refractivity contribution < 1.29 is 8.42 Å². The first kappa shape index (κ1) is 13.1. The van der Waals surface area contributed by atoms with Crippen molar-refractivity contribution in [3.63, 3.8) is 0 Å². The maximum Gasteiger partial charge on any atom is 0.243 e. The SMILES string of the molecule is O=S(=O)(NCC1CCCS1)c1cnc(Cl)nc1. The maximum absolute atomic E-state index is 11.9. The lowest BCUT2D eigenvalue weighted by Crippen LogP contribution is -2.30. The van der Waals surface area contributed by atoms with Crippen LogP contribution in [0.25, 0.3) is 0 Å². The molecule has 0 bridgehead atoms. The number of hydrogen-bond acceptors (Lipinski definition) is 5. The Morgan fingerprint density at radius 3 is 2.76 bits per heavy atom. The zero-order valence-electron chi connectivity index (χ0n) is 8.97. The number of halogens is 1. The molecule has 2 rings (SSSR count). The molecule has 0 saturated carbocycles. The summed E-state index contributed by atoms with van der Waals surface area (Å²) in [5.41, 5.74) is 0. The highest BCUT2D eigenvalue weighted by atomic mass is 35.5. The molecule has 17 heavy (non-hydrogen) atoms. The average molecular weight is 294 g/mol. The van der Waals surface area contributed by atoms with Gasteiger partial charge < -0.3 is 0 Å². The Morgan fingerprint density at radius 1 is 1.47 bits per heavy atom. The second-order valence-electron chi connectivity index (χ2n) is 3.67. The van der Waals surface area contributed by atoms with E-state index >= 15 is 0 Å². The van der Waals surface area contributed by atoms with Gasteiger partial charge in [0.25, 0.3) is 0 Å². The largest absolute Gasteiger partial charge is 0.243 e. The molecule has 1 aromatic rings. The number of thioether (sulfide) groups is 1. The van der Waals surface area contributed by atoms with Crippen molar-refractivity contribution in [2.75, 3.05) is 12.3 Å². The predicted molar refractivity (Wildman–Crippen MR) is 67.7 cm³/mol. The molecule has 0 radical (unpaired) electrons. The second kappa shape index (κ2) is 5.51. The number of rotatable bonds is 4. The van der Waals surface area contributed by atoms with Crippen LogP contribution < -0.4 is 4.72 Å². The molecule has 0 amide bonds. The number of hydrogen-bond donors (Lipinski definition) is 1. The molecule has 0 aliphatic carbocycles. The summed E-state index contributed by atoms with van der Waals surface area (Å²) in [5.74, 6) is 1.11. The molecule has 1 fully saturated rings. The summed E-state index contributed by atoms with van der Waals surface area (Å²) in [6.07, 6.45) is 4.63. The molecule has 1 atom stereocenters. The Labute approximate surface area is 109 Å². The van der Waals surface area contributed by atoms with Crippen molar-refractivity contribution in [1.29, 1.82) is 0 Å². The van der Waals surface area contributed by atoms with Crippen LogP contribution in [0.3, 0.4) is 0 Å². The van der Waals surface area contributed by atoms with Crippen LogP contribution in [-0.2, 0) is 10.0 Å². The van der Waals surface area contributed by atoms with Crippen molar-refractivity contribution >= 4 is 33.4 Å². The summed E-state index contributed by atoms with van der Waals surface area (Å²) in [6, 6.07) is 0. The summed E-state index contributed by atoms with van der Waals surface area (Å²) in [4.78, 5) is 7.36. The van der Waals surface area contributed by atoms with Crippen molar-refractivity contribution in [3.05, 3.63) is 17.7 Å². The number of nitrogens with one attached hydrogen (secondary N) is 1. The van der Waals surface area contributed by atoms with Gasteiger partial charge >= 0.3 is 0 Å². The molecule has 0 spiro atoms. The van der Waals surface area contributed by atoms with Crippen molar-refractivity contribution in [2.45, 2.75) is 23.0 Å². The minimum Gasteiger partial charge on any atom is -0.225 e. The van der Waals surface area contributed by atoms with E-state index in [0.717, 1.165) is 18.6 Å². The third-order valence-electron chi connectivity index (χ3n) is 2.43. The lowest BCUT2D eigenvalue weighted by molar-refractivity contribution is 0.578. The van der Waals surface area contributed by atoms with Gasteiger partial charge in [0, 0.05) is 11.8 Å². The van der Waals surface area contributed by atoms with Gasteiger partial charge in [0.15, 0.2) is 0 Å². The number of aromatic nitrogens is 2. The third kappa shape index (κ3) is 3.54. The zero-order chi connectivity index (χ0) is 12.3. The second-order valence-corrected chi connectivity index (χ2v) is 7.19. The van der Waals surface area contributed by atoms with E-state index in [4.69, 9.17) is 11.6 Å². The van der Waals surface area contributed by atoms with Gasteiger partial charge in [-0.25, -0.2) is 23.1 Å². The molecule has 0 aromatic carbocycles. The summed E-state index contributed by atoms with van der Waals surface area (Å²) >= 11 is 7.30. The average Bonchev–Trinajstić information content (AvgIpc) is 2.80. The first-order valence-electron chi connectivity index (χ1n) is 5.17. The van der Waals surface area contributed by atoms with Gasteiger partial charge in [0.2, 0.25) is 15.3 Å². The molecular weight excluding hydrogens is 282 g/mol. The van der Waals surface area contributed by atoms with Crippen LogP contribution in [-0.4, -0.2) is 35.9 Å². The maximum atomic E-state index is 11.9. The Morgan fingerprint density at radius 2 is 2.18 bits per heavy atom. The van der Waals surface area contributed by atoms with E-state index in [2.05, 4.69) is 14.7 Å². The Bertz CT molecular complexity index is 472. The van der Waals surface area contributed by atoms with Crippen molar-refractivity contribution in [2.24, 2.45) is 0 Å². The van der Waals surface area contributed by atoms with E-state index in [0.29, 0.717) is 11.8 Å². The molecule has 1 saturated heterocycles. The van der Waals surface area contributed by atoms with Crippen LogP contribution in [0.4, 0.5) is 0 Å². The third-order valence-corrected chi connectivity index (χ3v) is 5.40. The summed E-state index contributed by atoms with van der Waals surface area (Å²) < 4.78 is 26.3. The Kier molecular flexibility index (Phi) is 4.24. The van der Waals surface area contributed by atoms with Crippen LogP contribution in [0.5, 0.6) is 0 Å². The van der Waals surface area contributed by atoms with Gasteiger partial charge in [-0.05, 0) is 30.2 Å². The highest BCUT2D eigenvalue weighted by Gasteiger charge is 2.20. The highest BCUT2D eigenvalue weighted by molar-refractivity contribution is 8.00. The Balaban J connectivity index is 2.00. The fourth-order valence-electron chi connectivity index (χ4n) is 1.53. The van der Waals surface area contributed by atoms with E-state index < -0.39 is 10.0 Å². The molecule has 1 aliphatic rings. The van der Waals surface area contributed by atoms with Crippen LogP contribution in [0.1, 0.15) is 12.8 Å². The smallest absolute Gasteiger partial charge is 0.225 e. The lowest BCUT2D eigenvalue weighted by atomic mass is 10.2. The van der Waals surface area contributed by atoms with Gasteiger partial charge in [-0.15, -0.1) is 0 Å². The van der Waals surface area contributed by atoms with Gasteiger partial charge in [0.05, 0.1) is 12.4 Å². The van der Waals surface area contributed by atoms with Gasteiger partial charge in [0.1, 0.15) is 4.90 Å². The minimum absolute atomic E-state index is 0.0373. The molecule has 1 aliphatic heterocycles. The van der Waals surface area contributed by atoms with E-state index in [1.807, 2.05) is 0 Å². The molecular formula is C9H12ClN3O2S2. The predicted octanol–water partition coefficient (Wildman–Crippen LogP) is 1.30. The van der Waals surface area contributed by atoms with Crippen LogP contribution in [0.15, 0.2) is 17.3 Å². The minimum atomic E-state index is -3.51. The van der Waals surface area contributed by atoms with Crippen molar-refractivity contribution in [1.82, 2.24) is 14.7 Å². The van der Waals surface area contributed by atoms with E-state index in [1.165, 1.54) is 12.4 Å². The molecule has 2 heterocycles. The highest BCUT2D eigenvalue weighted by Crippen LogP contribution is 2.25. The van der Waals surface area contributed by atoms with Gasteiger partial charge in [-0.1, -0.05) is 0 Å². The monoisotopic (exact) mass is 293 g/mol. The number of sulfonamides is 1. The number of nitrogens with zero attached hydrogens (tertiary/aromatic N) is 2. The van der Waals surface area contributed by atoms with E-state index in [9.17, 15) is 8.42 Å². The summed E-state index contributed by atoms with van der Waals surface area (Å²) in [5, 5.41) is 0.410. The van der Waals surface area contributed by atoms with E-state index in [1.54, 1.807) is 11.8 Å². The Hall–Kier alpha value is -0.370. The summed E-state index contributed by atoms with van der Waals surface area (Å²) in [6.45, 7) is 0.454. The van der Waals surface area contributed by atoms with Crippen LogP contribution in [0.2, 0.25) is 5.28 Å². The van der Waals surface area contributed by atoms with Crippen LogP contribution in [0, 0.1) is 0 Å². The van der Waals surface area contributed by atoms with E-state index in [-0.39, 0.29) is 10.2 Å². The van der Waals surface area contributed by atoms with Crippen LogP contribution >= 0.6 is 23.4 Å². The topological polar surface area (TPSA) is 72.0 Å². The van der Waals surface area contributed by atoms with Gasteiger partial charge in [-0.3, -0.25) is 0 Å². The quantitative estimate of drug-likeness (QED) is 0.847. The molecule has 8 heteroatoms. The first-order chi connectivity index (χ1) is 8.08.